The summed E-state index contributed by atoms with van der Waals surface area (Å²) >= 11 is 0. The molecule has 1 saturated carbocycles. The molecule has 1 aliphatic carbocycles. The van der Waals surface area contributed by atoms with Gasteiger partial charge < -0.3 is 20.0 Å². The molecule has 1 atom stereocenters. The number of piperidine rings is 2. The molecule has 2 saturated heterocycles. The topological polar surface area (TPSA) is 107 Å². The van der Waals surface area contributed by atoms with Crippen LogP contribution in [0.25, 0.3) is 0 Å². The second-order valence-electron chi connectivity index (χ2n) is 13.0. The minimum atomic E-state index is -3.27. The smallest absolute Gasteiger partial charge is 0.227 e. The van der Waals surface area contributed by atoms with E-state index in [9.17, 15) is 22.8 Å². The number of carbonyl (C=O) groups is 3. The molecule has 9 nitrogen and oxygen atoms in total. The van der Waals surface area contributed by atoms with Crippen LogP contribution in [0.4, 0.5) is 0 Å². The van der Waals surface area contributed by atoms with Crippen LogP contribution in [-0.2, 0) is 30.6 Å². The normalized spacial score (nSPS) is 19.2. The first-order chi connectivity index (χ1) is 21.6. The van der Waals surface area contributed by atoms with Crippen LogP contribution in [0.15, 0.2) is 59.5 Å². The van der Waals surface area contributed by atoms with E-state index in [1.165, 1.54) is 6.26 Å². The SMILES string of the molecule is CCN(C(=O)Cc1ccc(S(C)(=O)=O)cc1)C1CCN(CC[C@H](NC(=O)C2CCN(C(=O)C3CC3)CC2)c2ccccc2)CC1. The van der Waals surface area contributed by atoms with Gasteiger partial charge in [-0.2, -0.15) is 0 Å². The van der Waals surface area contributed by atoms with Crippen LogP contribution >= 0.6 is 0 Å². The maximum absolute atomic E-state index is 13.4. The number of rotatable bonds is 12. The van der Waals surface area contributed by atoms with E-state index < -0.39 is 9.84 Å². The zero-order chi connectivity index (χ0) is 32.0. The third-order valence-electron chi connectivity index (χ3n) is 9.72. The number of nitrogens with zero attached hydrogens (tertiary/aromatic N) is 3. The number of nitrogens with one attached hydrogen (secondary N) is 1. The summed E-state index contributed by atoms with van der Waals surface area (Å²) in [5.74, 6) is 0.585. The third kappa shape index (κ3) is 8.94. The number of likely N-dealkylation sites (tertiary alicyclic amines) is 2. The average molecular weight is 637 g/mol. The molecule has 10 heteroatoms. The quantitative estimate of drug-likeness (QED) is 0.380. The Bertz CT molecular complexity index is 1410. The average Bonchev–Trinajstić information content (AvgIpc) is 3.90. The predicted octanol–water partition coefficient (Wildman–Crippen LogP) is 3.84. The molecule has 244 valence electrons. The van der Waals surface area contributed by atoms with Crippen LogP contribution in [0.1, 0.15) is 69.0 Å². The number of hydrogen-bond donors (Lipinski definition) is 1. The zero-order valence-electron chi connectivity index (χ0n) is 26.7. The standard InChI is InChI=1S/C35H48N4O5S/c1-3-39(33(40)25-26-9-13-31(14-10-26)45(2,43)44)30-17-20-37(21-18-30)22-19-32(27-7-5-4-6-8-27)36-34(41)28-15-23-38(24-16-28)35(42)29-11-12-29/h4-10,13-14,28-30,32H,3,11-12,15-25H2,1-2H3,(H,36,41)/t32-/m0/s1. The van der Waals surface area contributed by atoms with Crippen molar-refractivity contribution in [3.63, 3.8) is 0 Å². The molecule has 0 aromatic heterocycles. The Labute approximate surface area is 268 Å². The van der Waals surface area contributed by atoms with Gasteiger partial charge in [0, 0.05) is 63.4 Å². The van der Waals surface area contributed by atoms with Gasteiger partial charge in [-0.15, -0.1) is 0 Å². The van der Waals surface area contributed by atoms with Crippen molar-refractivity contribution in [2.24, 2.45) is 11.8 Å². The molecule has 3 fully saturated rings. The van der Waals surface area contributed by atoms with E-state index in [1.54, 1.807) is 24.3 Å². The Morgan fingerprint density at radius 2 is 1.51 bits per heavy atom. The molecule has 0 spiro atoms. The van der Waals surface area contributed by atoms with Crippen LogP contribution in [0.5, 0.6) is 0 Å². The lowest BCUT2D eigenvalue weighted by Gasteiger charge is -2.39. The molecular formula is C35H48N4O5S. The monoisotopic (exact) mass is 636 g/mol. The molecule has 0 bridgehead atoms. The van der Waals surface area contributed by atoms with Crippen LogP contribution in [0, 0.1) is 11.8 Å². The summed E-state index contributed by atoms with van der Waals surface area (Å²) < 4.78 is 23.5. The molecule has 3 amide bonds. The summed E-state index contributed by atoms with van der Waals surface area (Å²) in [7, 11) is -3.27. The highest BCUT2D eigenvalue weighted by atomic mass is 32.2. The first kappa shape index (κ1) is 33.1. The summed E-state index contributed by atoms with van der Waals surface area (Å²) in [5.41, 5.74) is 1.92. The number of sulfone groups is 1. The molecule has 2 aliphatic heterocycles. The van der Waals surface area contributed by atoms with Crippen molar-refractivity contribution in [3.05, 3.63) is 65.7 Å². The minimum absolute atomic E-state index is 0.0644. The fourth-order valence-electron chi connectivity index (χ4n) is 6.78. The largest absolute Gasteiger partial charge is 0.349 e. The lowest BCUT2D eigenvalue weighted by molar-refractivity contribution is -0.137. The molecule has 5 rings (SSSR count). The van der Waals surface area contributed by atoms with Crippen LogP contribution in [0.3, 0.4) is 0 Å². The van der Waals surface area contributed by atoms with Crippen molar-refractivity contribution in [1.29, 1.82) is 0 Å². The van der Waals surface area contributed by atoms with Gasteiger partial charge >= 0.3 is 0 Å². The molecule has 2 aromatic carbocycles. The predicted molar refractivity (Wildman–Crippen MR) is 174 cm³/mol. The van der Waals surface area contributed by atoms with E-state index in [-0.39, 0.29) is 53.0 Å². The van der Waals surface area contributed by atoms with E-state index >= 15 is 0 Å². The minimum Gasteiger partial charge on any atom is -0.349 e. The molecule has 1 N–H and O–H groups in total. The lowest BCUT2D eigenvalue weighted by Crippen LogP contribution is -2.48. The van der Waals surface area contributed by atoms with Crippen LogP contribution in [0.2, 0.25) is 0 Å². The Morgan fingerprint density at radius 1 is 0.867 bits per heavy atom. The van der Waals surface area contributed by atoms with Crippen molar-refractivity contribution in [3.8, 4) is 0 Å². The number of benzene rings is 2. The van der Waals surface area contributed by atoms with Crippen molar-refractivity contribution in [2.75, 3.05) is 45.5 Å². The zero-order valence-corrected chi connectivity index (χ0v) is 27.5. The van der Waals surface area contributed by atoms with E-state index in [0.717, 1.165) is 75.7 Å². The van der Waals surface area contributed by atoms with Crippen molar-refractivity contribution >= 4 is 27.6 Å². The van der Waals surface area contributed by atoms with Gasteiger partial charge in [-0.1, -0.05) is 42.5 Å². The highest BCUT2D eigenvalue weighted by molar-refractivity contribution is 7.90. The van der Waals surface area contributed by atoms with Crippen molar-refractivity contribution in [2.45, 2.75) is 75.3 Å². The fourth-order valence-corrected chi connectivity index (χ4v) is 7.41. The molecule has 0 radical (unpaired) electrons. The van der Waals surface area contributed by atoms with E-state index in [2.05, 4.69) is 22.3 Å². The van der Waals surface area contributed by atoms with Crippen molar-refractivity contribution in [1.82, 2.24) is 20.0 Å². The van der Waals surface area contributed by atoms with Gasteiger partial charge in [0.2, 0.25) is 17.7 Å². The van der Waals surface area contributed by atoms with Gasteiger partial charge in [-0.25, -0.2) is 8.42 Å². The van der Waals surface area contributed by atoms with Gasteiger partial charge in [0.1, 0.15) is 0 Å². The summed E-state index contributed by atoms with van der Waals surface area (Å²) in [6.45, 7) is 6.63. The highest BCUT2D eigenvalue weighted by Crippen LogP contribution is 2.32. The maximum Gasteiger partial charge on any atom is 0.227 e. The van der Waals surface area contributed by atoms with E-state index in [4.69, 9.17) is 0 Å². The third-order valence-corrected chi connectivity index (χ3v) is 10.9. The van der Waals surface area contributed by atoms with Gasteiger partial charge in [0.15, 0.2) is 9.84 Å². The first-order valence-electron chi connectivity index (χ1n) is 16.6. The first-order valence-corrected chi connectivity index (χ1v) is 18.5. The molecule has 3 aliphatic rings. The second-order valence-corrected chi connectivity index (χ2v) is 15.0. The second kappa shape index (κ2) is 14.9. The number of likely N-dealkylation sites (N-methyl/N-ethyl adjacent to an activating group) is 1. The number of amides is 3. The van der Waals surface area contributed by atoms with Gasteiger partial charge in [-0.3, -0.25) is 14.4 Å². The van der Waals surface area contributed by atoms with Gasteiger partial charge in [0.25, 0.3) is 0 Å². The Morgan fingerprint density at radius 3 is 2.09 bits per heavy atom. The summed E-state index contributed by atoms with van der Waals surface area (Å²) in [5, 5.41) is 3.35. The highest BCUT2D eigenvalue weighted by Gasteiger charge is 2.36. The fraction of sp³-hybridized carbons (Fsp3) is 0.571. The molecule has 0 unspecified atom stereocenters. The summed E-state index contributed by atoms with van der Waals surface area (Å²) in [6.07, 6.45) is 7.50. The molecule has 2 heterocycles. The van der Waals surface area contributed by atoms with Gasteiger partial charge in [0.05, 0.1) is 17.4 Å². The number of carbonyl (C=O) groups excluding carboxylic acids is 3. The Kier molecular flexibility index (Phi) is 11.0. The Balaban J connectivity index is 1.10. The lowest BCUT2D eigenvalue weighted by atomic mass is 9.94. The Hall–Kier alpha value is -3.24. The number of hydrogen-bond acceptors (Lipinski definition) is 6. The molecular weight excluding hydrogens is 588 g/mol. The molecule has 2 aromatic rings. The van der Waals surface area contributed by atoms with Gasteiger partial charge in [-0.05, 0) is 75.1 Å². The van der Waals surface area contributed by atoms with Crippen LogP contribution < -0.4 is 5.32 Å². The summed E-state index contributed by atoms with van der Waals surface area (Å²) in [6, 6.07) is 16.9. The maximum atomic E-state index is 13.4. The summed E-state index contributed by atoms with van der Waals surface area (Å²) in [4.78, 5) is 45.7. The van der Waals surface area contributed by atoms with E-state index in [1.807, 2.05) is 34.9 Å². The van der Waals surface area contributed by atoms with Crippen LogP contribution in [-0.4, -0.2) is 92.4 Å². The van der Waals surface area contributed by atoms with Crippen molar-refractivity contribution < 1.29 is 22.8 Å². The van der Waals surface area contributed by atoms with E-state index in [0.29, 0.717) is 19.6 Å². The molecule has 45 heavy (non-hydrogen) atoms.